The van der Waals surface area contributed by atoms with E-state index in [1.165, 1.54) is 23.9 Å². The molecule has 2 aliphatic heterocycles. The summed E-state index contributed by atoms with van der Waals surface area (Å²) in [6.07, 6.45) is -0.691. The van der Waals surface area contributed by atoms with Gasteiger partial charge in [-0.1, -0.05) is 23.9 Å². The van der Waals surface area contributed by atoms with Crippen molar-refractivity contribution in [3.8, 4) is 0 Å². The summed E-state index contributed by atoms with van der Waals surface area (Å²) >= 11 is 1.22. The Balaban J connectivity index is 1.82. The number of carboxylic acids is 1. The highest BCUT2D eigenvalue weighted by Gasteiger charge is 2.48. The Morgan fingerprint density at radius 1 is 1.23 bits per heavy atom. The molecule has 0 N–H and O–H groups in total. The average molecular weight is 399 g/mol. The molecule has 0 radical (unpaired) electrons. The first-order valence-corrected chi connectivity index (χ1v) is 10.6. The minimum absolute atomic E-state index is 0.00844. The number of carbonyl (C=O) groups is 2. The third kappa shape index (κ3) is 4.42. The summed E-state index contributed by atoms with van der Waals surface area (Å²) in [6, 6.07) is 5.48. The summed E-state index contributed by atoms with van der Waals surface area (Å²) in [7, 11) is -3.16. The van der Waals surface area contributed by atoms with Crippen molar-refractivity contribution in [1.29, 1.82) is 0 Å². The van der Waals surface area contributed by atoms with Gasteiger partial charge in [-0.15, -0.1) is 0 Å². The zero-order valence-electron chi connectivity index (χ0n) is 13.6. The molecule has 2 aliphatic rings. The molecule has 7 nitrogen and oxygen atoms in total. The average Bonchev–Trinajstić information content (AvgIpc) is 3.00. The molecule has 1 amide bonds. The van der Waals surface area contributed by atoms with E-state index in [9.17, 15) is 27.5 Å². The number of halogens is 1. The monoisotopic (exact) mass is 399 g/mol. The Morgan fingerprint density at radius 2 is 1.92 bits per heavy atom. The van der Waals surface area contributed by atoms with Crippen LogP contribution in [0.3, 0.4) is 0 Å². The van der Waals surface area contributed by atoms with Crippen LogP contribution in [0.15, 0.2) is 29.3 Å². The van der Waals surface area contributed by atoms with Crippen LogP contribution in [0.4, 0.5) is 4.39 Å². The third-order valence-corrected chi connectivity index (χ3v) is 7.45. The van der Waals surface area contributed by atoms with Crippen LogP contribution in [0.1, 0.15) is 18.4 Å². The van der Waals surface area contributed by atoms with Gasteiger partial charge in [-0.25, -0.2) is 12.8 Å². The minimum atomic E-state index is -3.16. The van der Waals surface area contributed by atoms with Crippen molar-refractivity contribution in [2.45, 2.75) is 30.7 Å². The molecule has 0 bridgehead atoms. The standard InChI is InChI=1S/C16H17FN2O5S2/c17-11-3-1-10(2-4-11)7-19-12-8-26(23,24)9-13(12)25-16(19)18-14(20)5-6-15(21)22/h1-4,12-13H,5-9H2,(H,21,22)/p-1/t12-,13+/m0/s1. The Bertz CT molecular complexity index is 854. The maximum atomic E-state index is 13.1. The number of sulfone groups is 1. The van der Waals surface area contributed by atoms with Gasteiger partial charge in [0.25, 0.3) is 0 Å². The molecular weight excluding hydrogens is 383 g/mol. The van der Waals surface area contributed by atoms with Crippen molar-refractivity contribution >= 4 is 38.6 Å². The highest BCUT2D eigenvalue weighted by Crippen LogP contribution is 2.39. The van der Waals surface area contributed by atoms with E-state index < -0.39 is 28.1 Å². The fourth-order valence-corrected chi connectivity index (χ4v) is 6.95. The maximum absolute atomic E-state index is 13.1. The van der Waals surface area contributed by atoms with Crippen molar-refractivity contribution in [2.24, 2.45) is 4.99 Å². The second-order valence-corrected chi connectivity index (χ2v) is 9.58. The van der Waals surface area contributed by atoms with Crippen LogP contribution in [0.5, 0.6) is 0 Å². The lowest BCUT2D eigenvalue weighted by Gasteiger charge is -2.24. The van der Waals surface area contributed by atoms with Gasteiger partial charge in [-0.3, -0.25) is 4.79 Å². The van der Waals surface area contributed by atoms with E-state index in [0.717, 1.165) is 5.56 Å². The normalized spacial score (nSPS) is 25.4. The van der Waals surface area contributed by atoms with E-state index in [0.29, 0.717) is 5.17 Å². The second-order valence-electron chi connectivity index (χ2n) is 6.22. The molecular formula is C16H16FN2O5S2-. The van der Waals surface area contributed by atoms with Gasteiger partial charge < -0.3 is 14.8 Å². The lowest BCUT2D eigenvalue weighted by atomic mass is 10.1. The highest BCUT2D eigenvalue weighted by atomic mass is 32.2. The molecule has 0 aliphatic carbocycles. The van der Waals surface area contributed by atoms with Gasteiger partial charge in [-0.2, -0.15) is 4.99 Å². The Labute approximate surface area is 154 Å². The number of aliphatic carboxylic acids is 1. The van der Waals surface area contributed by atoms with Gasteiger partial charge in [-0.05, 0) is 24.1 Å². The summed E-state index contributed by atoms with van der Waals surface area (Å²) in [4.78, 5) is 28.1. The first-order chi connectivity index (χ1) is 12.2. The van der Waals surface area contributed by atoms with Crippen molar-refractivity contribution in [3.63, 3.8) is 0 Å². The van der Waals surface area contributed by atoms with Crippen LogP contribution in [0.2, 0.25) is 0 Å². The van der Waals surface area contributed by atoms with Crippen LogP contribution in [-0.2, 0) is 26.0 Å². The van der Waals surface area contributed by atoms with Crippen LogP contribution in [0.25, 0.3) is 0 Å². The number of aliphatic imine (C=N–C) groups is 1. The molecule has 10 heteroatoms. The molecule has 26 heavy (non-hydrogen) atoms. The lowest BCUT2D eigenvalue weighted by Crippen LogP contribution is -2.37. The van der Waals surface area contributed by atoms with Crippen molar-refractivity contribution in [3.05, 3.63) is 35.6 Å². The van der Waals surface area contributed by atoms with Crippen molar-refractivity contribution in [1.82, 2.24) is 4.90 Å². The molecule has 2 fully saturated rings. The molecule has 0 spiro atoms. The quantitative estimate of drug-likeness (QED) is 0.683. The van der Waals surface area contributed by atoms with Crippen molar-refractivity contribution < 1.29 is 27.5 Å². The molecule has 0 aromatic heterocycles. The predicted octanol–water partition coefficient (Wildman–Crippen LogP) is -0.0472. The number of hydrogen-bond donors (Lipinski definition) is 0. The predicted molar refractivity (Wildman–Crippen MR) is 92.4 cm³/mol. The van der Waals surface area contributed by atoms with Gasteiger partial charge in [0.05, 0.1) is 17.5 Å². The molecule has 2 saturated heterocycles. The molecule has 1 aromatic rings. The number of amides is 1. The largest absolute Gasteiger partial charge is 0.550 e. The summed E-state index contributed by atoms with van der Waals surface area (Å²) in [6.45, 7) is 0.288. The number of rotatable bonds is 5. The molecule has 1 aromatic carbocycles. The summed E-state index contributed by atoms with van der Waals surface area (Å²) < 4.78 is 36.9. The maximum Gasteiger partial charge on any atom is 0.248 e. The third-order valence-electron chi connectivity index (χ3n) is 4.20. The molecule has 2 atom stereocenters. The van der Waals surface area contributed by atoms with E-state index in [1.54, 1.807) is 17.0 Å². The Kier molecular flexibility index (Phi) is 5.33. The Morgan fingerprint density at radius 3 is 2.58 bits per heavy atom. The second kappa shape index (κ2) is 7.36. The van der Waals surface area contributed by atoms with Gasteiger partial charge in [0.2, 0.25) is 5.91 Å². The van der Waals surface area contributed by atoms with E-state index in [2.05, 4.69) is 4.99 Å². The first-order valence-electron chi connectivity index (χ1n) is 7.93. The van der Waals surface area contributed by atoms with Gasteiger partial charge in [0.15, 0.2) is 15.0 Å². The number of benzene rings is 1. The topological polar surface area (TPSA) is 107 Å². The van der Waals surface area contributed by atoms with Gasteiger partial charge in [0.1, 0.15) is 5.82 Å². The van der Waals surface area contributed by atoms with Crippen molar-refractivity contribution in [2.75, 3.05) is 11.5 Å². The van der Waals surface area contributed by atoms with E-state index in [1.807, 2.05) is 0 Å². The number of nitrogens with zero attached hydrogens (tertiary/aromatic N) is 2. The molecule has 140 valence electrons. The fourth-order valence-electron chi connectivity index (χ4n) is 2.98. The number of hydrogen-bond acceptors (Lipinski definition) is 6. The number of carbonyl (C=O) groups excluding carboxylic acids is 2. The van der Waals surface area contributed by atoms with Gasteiger partial charge >= 0.3 is 0 Å². The van der Waals surface area contributed by atoms with Crippen LogP contribution in [0, 0.1) is 5.82 Å². The van der Waals surface area contributed by atoms with Crippen LogP contribution >= 0.6 is 11.8 Å². The summed E-state index contributed by atoms with van der Waals surface area (Å²) in [5.41, 5.74) is 0.756. The zero-order chi connectivity index (χ0) is 18.9. The van der Waals surface area contributed by atoms with Crippen LogP contribution in [-0.4, -0.2) is 53.2 Å². The summed E-state index contributed by atoms with van der Waals surface area (Å²) in [5, 5.41) is 10.6. The van der Waals surface area contributed by atoms with E-state index >= 15 is 0 Å². The lowest BCUT2D eigenvalue weighted by molar-refractivity contribution is -0.305. The first kappa shape index (κ1) is 18.8. The smallest absolute Gasteiger partial charge is 0.248 e. The number of amidine groups is 1. The summed E-state index contributed by atoms with van der Waals surface area (Å²) in [5.74, 6) is -2.32. The molecule has 3 rings (SSSR count). The SMILES string of the molecule is O=C([O-])CCC(=O)N=C1S[C@@H]2CS(=O)(=O)C[C@@H]2N1Cc1ccc(F)cc1. The van der Waals surface area contributed by atoms with E-state index in [4.69, 9.17) is 0 Å². The van der Waals surface area contributed by atoms with Crippen LogP contribution < -0.4 is 5.11 Å². The molecule has 0 unspecified atom stereocenters. The minimum Gasteiger partial charge on any atom is -0.550 e. The number of fused-ring (bicyclic) bond motifs is 1. The van der Waals surface area contributed by atoms with Gasteiger partial charge in [0, 0.05) is 24.2 Å². The number of thioether (sulfide) groups is 1. The molecule has 2 heterocycles. The molecule has 0 saturated carbocycles. The highest BCUT2D eigenvalue weighted by molar-refractivity contribution is 8.15. The van der Waals surface area contributed by atoms with E-state index in [-0.39, 0.29) is 41.6 Å². The number of carboxylic acid groups (broad SMARTS) is 1. The fraction of sp³-hybridized carbons (Fsp3) is 0.438. The Hall–Kier alpha value is -1.94. The zero-order valence-corrected chi connectivity index (χ0v) is 15.3.